The van der Waals surface area contributed by atoms with Crippen LogP contribution in [0.5, 0.6) is 5.75 Å². The minimum Gasteiger partial charge on any atom is -0.496 e. The molecule has 1 amide bonds. The highest BCUT2D eigenvalue weighted by Gasteiger charge is 2.29. The Morgan fingerprint density at radius 2 is 2.12 bits per heavy atom. The number of methoxy groups -OCH3 is 1. The van der Waals surface area contributed by atoms with Gasteiger partial charge in [0, 0.05) is 42.6 Å². The second-order valence-corrected chi connectivity index (χ2v) is 6.43. The molecule has 0 fully saturated rings. The molecule has 5 nitrogen and oxygen atoms in total. The zero-order valence-corrected chi connectivity index (χ0v) is 14.7. The van der Waals surface area contributed by atoms with Crippen LogP contribution < -0.4 is 4.74 Å². The molecule has 0 radical (unpaired) electrons. The van der Waals surface area contributed by atoms with E-state index in [1.165, 1.54) is 5.56 Å². The van der Waals surface area contributed by atoms with Crippen LogP contribution in [-0.2, 0) is 11.2 Å². The number of carbonyl (C=O) groups is 2. The summed E-state index contributed by atoms with van der Waals surface area (Å²) >= 11 is 0. The van der Waals surface area contributed by atoms with Gasteiger partial charge in [0.15, 0.2) is 5.78 Å². The molecule has 5 heteroatoms. The van der Waals surface area contributed by atoms with Gasteiger partial charge in [-0.25, -0.2) is 0 Å². The van der Waals surface area contributed by atoms with Crippen LogP contribution in [0.4, 0.5) is 0 Å². The van der Waals surface area contributed by atoms with Crippen molar-refractivity contribution in [3.8, 4) is 5.75 Å². The molecule has 2 heterocycles. The first-order valence-electron chi connectivity index (χ1n) is 8.50. The van der Waals surface area contributed by atoms with Gasteiger partial charge in [-0.1, -0.05) is 6.92 Å². The maximum atomic E-state index is 12.4. The molecular formula is C19H24N2O3. The molecule has 0 saturated carbocycles. The first-order valence-corrected chi connectivity index (χ1v) is 8.50. The zero-order valence-electron chi connectivity index (χ0n) is 14.7. The van der Waals surface area contributed by atoms with E-state index < -0.39 is 0 Å². The smallest absolute Gasteiger partial charge is 0.220 e. The van der Waals surface area contributed by atoms with Gasteiger partial charge in [0.2, 0.25) is 5.91 Å². The number of amides is 1. The molecule has 128 valence electrons. The lowest BCUT2D eigenvalue weighted by Crippen LogP contribution is -2.37. The van der Waals surface area contributed by atoms with E-state index in [0.717, 1.165) is 29.4 Å². The molecule has 0 saturated heterocycles. The molecule has 24 heavy (non-hydrogen) atoms. The fourth-order valence-electron chi connectivity index (χ4n) is 3.68. The molecule has 0 bridgehead atoms. The molecule has 0 aliphatic carbocycles. The van der Waals surface area contributed by atoms with Crippen LogP contribution in [0.25, 0.3) is 10.9 Å². The maximum absolute atomic E-state index is 12.4. The number of nitrogens with zero attached hydrogens (tertiary/aromatic N) is 1. The summed E-state index contributed by atoms with van der Waals surface area (Å²) in [5, 5.41) is 1.07. The highest BCUT2D eigenvalue weighted by atomic mass is 16.5. The summed E-state index contributed by atoms with van der Waals surface area (Å²) in [5.74, 6) is 0.805. The number of H-pyrrole nitrogens is 1. The van der Waals surface area contributed by atoms with E-state index in [1.54, 1.807) is 14.0 Å². The summed E-state index contributed by atoms with van der Waals surface area (Å²) in [5.41, 5.74) is 3.88. The number of ether oxygens (including phenoxy) is 1. The van der Waals surface area contributed by atoms with Crippen molar-refractivity contribution in [3.63, 3.8) is 0 Å². The quantitative estimate of drug-likeness (QED) is 0.872. The Bertz CT molecular complexity index is 807. The number of aromatic amines is 1. The van der Waals surface area contributed by atoms with Crippen LogP contribution in [0.3, 0.4) is 0 Å². The largest absolute Gasteiger partial charge is 0.496 e. The van der Waals surface area contributed by atoms with Crippen LogP contribution in [0.15, 0.2) is 12.1 Å². The predicted octanol–water partition coefficient (Wildman–Crippen LogP) is 3.62. The minimum absolute atomic E-state index is 0.0134. The van der Waals surface area contributed by atoms with E-state index in [0.29, 0.717) is 24.3 Å². The van der Waals surface area contributed by atoms with E-state index in [-0.39, 0.29) is 17.7 Å². The van der Waals surface area contributed by atoms with Crippen molar-refractivity contribution in [2.24, 2.45) is 0 Å². The van der Waals surface area contributed by atoms with Gasteiger partial charge in [-0.3, -0.25) is 9.59 Å². The summed E-state index contributed by atoms with van der Waals surface area (Å²) in [7, 11) is 1.59. The lowest BCUT2D eigenvalue weighted by Gasteiger charge is -2.32. The van der Waals surface area contributed by atoms with Crippen molar-refractivity contribution in [1.29, 1.82) is 0 Å². The maximum Gasteiger partial charge on any atom is 0.220 e. The lowest BCUT2D eigenvalue weighted by molar-refractivity contribution is -0.131. The molecule has 1 aromatic carbocycles. The van der Waals surface area contributed by atoms with Crippen molar-refractivity contribution in [2.45, 2.75) is 46.1 Å². The fourth-order valence-corrected chi connectivity index (χ4v) is 3.68. The summed E-state index contributed by atoms with van der Waals surface area (Å²) in [6.07, 6.45) is 2.13. The number of nitrogens with one attached hydrogen (secondary N) is 1. The van der Waals surface area contributed by atoms with Crippen molar-refractivity contribution in [3.05, 3.63) is 29.0 Å². The number of ketones is 1. The number of fused-ring (bicyclic) bond motifs is 3. The molecule has 1 atom stereocenters. The van der Waals surface area contributed by atoms with Gasteiger partial charge in [0.05, 0.1) is 18.7 Å². The van der Waals surface area contributed by atoms with Gasteiger partial charge in [-0.2, -0.15) is 0 Å². The number of rotatable bonds is 4. The third-order valence-electron chi connectivity index (χ3n) is 4.93. The summed E-state index contributed by atoms with van der Waals surface area (Å²) in [6, 6.07) is 3.87. The monoisotopic (exact) mass is 328 g/mol. The predicted molar refractivity (Wildman–Crippen MR) is 93.6 cm³/mol. The second-order valence-electron chi connectivity index (χ2n) is 6.43. The minimum atomic E-state index is 0.0134. The molecule has 1 N–H and O–H groups in total. The lowest BCUT2D eigenvalue weighted by atomic mass is 9.96. The number of benzene rings is 1. The van der Waals surface area contributed by atoms with E-state index in [9.17, 15) is 9.59 Å². The Balaban J connectivity index is 2.14. The molecule has 1 aromatic heterocycles. The SMILES string of the molecule is CCCC(=O)c1cc2c3c([nH]c2cc1OC)C(C)N(C(C)=O)CC3. The van der Waals surface area contributed by atoms with Crippen molar-refractivity contribution < 1.29 is 14.3 Å². The Morgan fingerprint density at radius 3 is 2.75 bits per heavy atom. The average Bonchev–Trinajstić information content (AvgIpc) is 2.92. The first kappa shape index (κ1) is 16.6. The standard InChI is InChI=1S/C19H24N2O3/c1-5-6-17(23)15-9-14-13-7-8-21(12(3)22)11(2)19(13)20-16(14)10-18(15)24-4/h9-11,20H,5-8H2,1-4H3. The van der Waals surface area contributed by atoms with Gasteiger partial charge in [0.1, 0.15) is 5.75 Å². The number of Topliss-reactive ketones (excluding diaryl/α,β-unsaturated/α-hetero) is 1. The van der Waals surface area contributed by atoms with Gasteiger partial charge in [-0.15, -0.1) is 0 Å². The third kappa shape index (κ3) is 2.58. The van der Waals surface area contributed by atoms with Gasteiger partial charge in [-0.05, 0) is 31.4 Å². The van der Waals surface area contributed by atoms with Gasteiger partial charge in [0.25, 0.3) is 0 Å². The second kappa shape index (κ2) is 6.30. The van der Waals surface area contributed by atoms with Crippen LogP contribution in [0, 0.1) is 0 Å². The topological polar surface area (TPSA) is 62.4 Å². The van der Waals surface area contributed by atoms with E-state index >= 15 is 0 Å². The molecule has 0 spiro atoms. The Morgan fingerprint density at radius 1 is 1.38 bits per heavy atom. The van der Waals surface area contributed by atoms with Crippen LogP contribution in [-0.4, -0.2) is 35.2 Å². The number of carbonyl (C=O) groups excluding carboxylic acids is 2. The van der Waals surface area contributed by atoms with Gasteiger partial charge >= 0.3 is 0 Å². The highest BCUT2D eigenvalue weighted by Crippen LogP contribution is 2.37. The highest BCUT2D eigenvalue weighted by molar-refractivity contribution is 6.03. The van der Waals surface area contributed by atoms with Crippen LogP contribution in [0.1, 0.15) is 61.3 Å². The summed E-state index contributed by atoms with van der Waals surface area (Å²) in [6.45, 7) is 6.35. The van der Waals surface area contributed by atoms with E-state index in [2.05, 4.69) is 4.98 Å². The Hall–Kier alpha value is -2.30. The summed E-state index contributed by atoms with van der Waals surface area (Å²) in [4.78, 5) is 29.5. The number of hydrogen-bond donors (Lipinski definition) is 1. The van der Waals surface area contributed by atoms with Crippen LogP contribution >= 0.6 is 0 Å². The zero-order chi connectivity index (χ0) is 17.4. The number of aromatic nitrogens is 1. The normalized spacial score (nSPS) is 17.0. The Kier molecular flexibility index (Phi) is 4.35. The van der Waals surface area contributed by atoms with Gasteiger partial charge < -0.3 is 14.6 Å². The van der Waals surface area contributed by atoms with Crippen molar-refractivity contribution in [2.75, 3.05) is 13.7 Å². The molecule has 1 aliphatic rings. The molecular weight excluding hydrogens is 304 g/mol. The summed E-state index contributed by atoms with van der Waals surface area (Å²) < 4.78 is 5.43. The average molecular weight is 328 g/mol. The van der Waals surface area contributed by atoms with E-state index in [4.69, 9.17) is 4.74 Å². The van der Waals surface area contributed by atoms with Crippen molar-refractivity contribution >= 4 is 22.6 Å². The van der Waals surface area contributed by atoms with Crippen LogP contribution in [0.2, 0.25) is 0 Å². The molecule has 2 aromatic rings. The number of hydrogen-bond acceptors (Lipinski definition) is 3. The fraction of sp³-hybridized carbons (Fsp3) is 0.474. The molecule has 1 aliphatic heterocycles. The molecule has 3 rings (SSSR count). The third-order valence-corrected chi connectivity index (χ3v) is 4.93. The van der Waals surface area contributed by atoms with Crippen molar-refractivity contribution in [1.82, 2.24) is 9.88 Å². The Labute approximate surface area is 142 Å². The van der Waals surface area contributed by atoms with E-state index in [1.807, 2.05) is 30.9 Å². The molecule has 1 unspecified atom stereocenters. The first-order chi connectivity index (χ1) is 11.5.